The van der Waals surface area contributed by atoms with Crippen LogP contribution in [0.25, 0.3) is 11.3 Å². The number of carbonyl (C=O) groups excluding carboxylic acids is 2. The molecule has 0 aromatic heterocycles. The molecule has 4 aromatic carbocycles. The molecule has 6 rings (SSSR count). The summed E-state index contributed by atoms with van der Waals surface area (Å²) in [5.74, 6) is 1.83. The lowest BCUT2D eigenvalue weighted by atomic mass is 9.85. The summed E-state index contributed by atoms with van der Waals surface area (Å²) in [5.41, 5.74) is 6.22. The van der Waals surface area contributed by atoms with Crippen LogP contribution in [0.4, 0.5) is 0 Å². The van der Waals surface area contributed by atoms with Crippen LogP contribution in [0.5, 0.6) is 23.0 Å². The van der Waals surface area contributed by atoms with Gasteiger partial charge in [-0.1, -0.05) is 24.3 Å². The fourth-order valence-corrected chi connectivity index (χ4v) is 6.19. The predicted molar refractivity (Wildman–Crippen MR) is 188 cm³/mol. The number of fused-ring (bicyclic) bond motifs is 2. The van der Waals surface area contributed by atoms with Crippen LogP contribution in [0.15, 0.2) is 72.8 Å². The van der Waals surface area contributed by atoms with Crippen molar-refractivity contribution in [1.29, 1.82) is 0 Å². The third-order valence-corrected chi connectivity index (χ3v) is 8.79. The van der Waals surface area contributed by atoms with E-state index >= 15 is 0 Å². The second kappa shape index (κ2) is 17.1. The second-order valence-electron chi connectivity index (χ2n) is 11.9. The van der Waals surface area contributed by atoms with Gasteiger partial charge in [-0.2, -0.15) is 0 Å². The van der Waals surface area contributed by atoms with E-state index in [1.165, 1.54) is 6.92 Å². The third kappa shape index (κ3) is 8.41. The highest BCUT2D eigenvalue weighted by Crippen LogP contribution is 2.40. The lowest BCUT2D eigenvalue weighted by Gasteiger charge is -2.17. The Bertz CT molecular complexity index is 1910. The van der Waals surface area contributed by atoms with Crippen molar-refractivity contribution in [2.24, 2.45) is 0 Å². The van der Waals surface area contributed by atoms with Crippen LogP contribution < -0.4 is 18.9 Å². The zero-order valence-corrected chi connectivity index (χ0v) is 28.8. The van der Waals surface area contributed by atoms with Gasteiger partial charge in [0, 0.05) is 18.9 Å². The van der Waals surface area contributed by atoms with Gasteiger partial charge in [-0.05, 0) is 88.3 Å². The minimum atomic E-state index is -0.449. The molecule has 51 heavy (non-hydrogen) atoms. The molecule has 268 valence electrons. The average Bonchev–Trinajstić information content (AvgIpc) is 3.44. The standard InChI is InChI=1S/C21H22O6.C19H20O5/c1-13(24)27-21-17(19-10-16(25-2)5-4-15(19)12-23)7-8-26-20-9-14(11-22)3-6-18(20)21;1-23-14-4-3-13(11-21)17(9-14)15-6-7-24-18-8-12(10-20)2-5-16(18)19(15)22/h3-6,9-10,22-23H,7-8,11-12H2,1-2H3;2-5,8-9,15,20-21H,6-7,10-11H2,1H3. The molecule has 4 aromatic rings. The monoisotopic (exact) mass is 698 g/mol. The molecule has 11 nitrogen and oxygen atoms in total. The van der Waals surface area contributed by atoms with Gasteiger partial charge in [0.05, 0.1) is 70.9 Å². The number of ketones is 1. The van der Waals surface area contributed by atoms with Crippen LogP contribution in [0.1, 0.15) is 75.0 Å². The molecule has 11 heteroatoms. The summed E-state index contributed by atoms with van der Waals surface area (Å²) < 4.78 is 27.7. The van der Waals surface area contributed by atoms with Gasteiger partial charge in [0.25, 0.3) is 0 Å². The van der Waals surface area contributed by atoms with E-state index in [0.29, 0.717) is 88.2 Å². The number of rotatable bonds is 9. The SMILES string of the molecule is COc1ccc(CO)c(C2=C(OC(C)=O)c3ccc(CO)cc3OCC2)c1.COc1ccc(CO)c(C2CCOc3cc(CO)ccc3C2=O)c1. The Morgan fingerprint density at radius 3 is 1.90 bits per heavy atom. The molecular formula is C40H42O11. The summed E-state index contributed by atoms with van der Waals surface area (Å²) in [6.45, 7) is 1.59. The summed E-state index contributed by atoms with van der Waals surface area (Å²) in [6, 6.07) is 21.1. The lowest BCUT2D eigenvalue weighted by molar-refractivity contribution is -0.134. The molecule has 0 saturated heterocycles. The zero-order chi connectivity index (χ0) is 36.5. The topological polar surface area (TPSA) is 161 Å². The number of aliphatic hydroxyl groups excluding tert-OH is 4. The van der Waals surface area contributed by atoms with Gasteiger partial charge < -0.3 is 44.1 Å². The molecule has 0 saturated carbocycles. The second-order valence-corrected chi connectivity index (χ2v) is 11.9. The minimum absolute atomic E-state index is 0.0463. The van der Waals surface area contributed by atoms with Crippen molar-refractivity contribution in [1.82, 2.24) is 0 Å². The highest BCUT2D eigenvalue weighted by molar-refractivity contribution is 6.03. The first kappa shape index (κ1) is 37.1. The Morgan fingerprint density at radius 1 is 0.706 bits per heavy atom. The number of esters is 1. The highest BCUT2D eigenvalue weighted by atomic mass is 16.5. The van der Waals surface area contributed by atoms with Crippen LogP contribution in [-0.2, 0) is 36.0 Å². The zero-order valence-electron chi connectivity index (χ0n) is 28.8. The van der Waals surface area contributed by atoms with Crippen molar-refractivity contribution in [2.45, 2.75) is 52.1 Å². The number of Topliss-reactive ketones (excluding diaryl/α,β-unsaturated/α-hetero) is 1. The van der Waals surface area contributed by atoms with E-state index < -0.39 is 11.9 Å². The molecule has 2 aliphatic heterocycles. The number of aliphatic hydroxyl groups is 4. The van der Waals surface area contributed by atoms with Crippen molar-refractivity contribution < 1.29 is 53.7 Å². The molecule has 2 heterocycles. The van der Waals surface area contributed by atoms with E-state index in [-0.39, 0.29) is 32.2 Å². The molecule has 0 aliphatic carbocycles. The van der Waals surface area contributed by atoms with Gasteiger partial charge in [-0.15, -0.1) is 0 Å². The van der Waals surface area contributed by atoms with Crippen LogP contribution in [0.3, 0.4) is 0 Å². The molecule has 0 radical (unpaired) electrons. The van der Waals surface area contributed by atoms with Crippen LogP contribution >= 0.6 is 0 Å². The number of hydrogen-bond donors (Lipinski definition) is 4. The predicted octanol–water partition coefficient (Wildman–Crippen LogP) is 5.32. The van der Waals surface area contributed by atoms with Gasteiger partial charge >= 0.3 is 5.97 Å². The van der Waals surface area contributed by atoms with Gasteiger partial charge in [0.1, 0.15) is 28.8 Å². The summed E-state index contributed by atoms with van der Waals surface area (Å²) in [5, 5.41) is 38.0. The summed E-state index contributed by atoms with van der Waals surface area (Å²) in [4.78, 5) is 24.8. The Morgan fingerprint density at radius 2 is 1.29 bits per heavy atom. The van der Waals surface area contributed by atoms with Gasteiger partial charge in [0.2, 0.25) is 0 Å². The Kier molecular flexibility index (Phi) is 12.5. The third-order valence-electron chi connectivity index (χ3n) is 8.79. The first-order chi connectivity index (χ1) is 24.7. The Hall–Kier alpha value is -5.20. The normalized spacial score (nSPS) is 15.1. The number of carbonyl (C=O) groups is 2. The van der Waals surface area contributed by atoms with Gasteiger partial charge in [-0.25, -0.2) is 0 Å². The molecule has 1 atom stereocenters. The fourth-order valence-electron chi connectivity index (χ4n) is 6.19. The molecule has 0 amide bonds. The summed E-state index contributed by atoms with van der Waals surface area (Å²) in [7, 11) is 3.14. The summed E-state index contributed by atoms with van der Waals surface area (Å²) in [6.07, 6.45) is 0.994. The van der Waals surface area contributed by atoms with E-state index in [1.807, 2.05) is 6.07 Å². The van der Waals surface area contributed by atoms with Crippen LogP contribution in [0, 0.1) is 0 Å². The van der Waals surface area contributed by atoms with E-state index in [2.05, 4.69) is 0 Å². The molecule has 4 N–H and O–H groups in total. The number of benzene rings is 4. The van der Waals surface area contributed by atoms with Crippen molar-refractivity contribution in [3.8, 4) is 23.0 Å². The van der Waals surface area contributed by atoms with E-state index in [9.17, 15) is 30.0 Å². The van der Waals surface area contributed by atoms with Gasteiger partial charge in [0.15, 0.2) is 5.78 Å². The van der Waals surface area contributed by atoms with Crippen LogP contribution in [0.2, 0.25) is 0 Å². The maximum absolute atomic E-state index is 13.0. The van der Waals surface area contributed by atoms with E-state index in [1.54, 1.807) is 80.9 Å². The molecule has 0 spiro atoms. The molecule has 2 aliphatic rings. The number of hydrogen-bond acceptors (Lipinski definition) is 11. The Balaban J connectivity index is 0.000000199. The fraction of sp³-hybridized carbons (Fsp3) is 0.300. The maximum Gasteiger partial charge on any atom is 0.308 e. The minimum Gasteiger partial charge on any atom is -0.497 e. The molecule has 1 unspecified atom stereocenters. The highest BCUT2D eigenvalue weighted by Gasteiger charge is 2.30. The van der Waals surface area contributed by atoms with Crippen LogP contribution in [-0.4, -0.2) is 59.6 Å². The first-order valence-corrected chi connectivity index (χ1v) is 16.5. The molecule has 0 fully saturated rings. The number of methoxy groups -OCH3 is 2. The van der Waals surface area contributed by atoms with Crippen molar-refractivity contribution in [3.63, 3.8) is 0 Å². The van der Waals surface area contributed by atoms with E-state index in [0.717, 1.165) is 16.7 Å². The molecular weight excluding hydrogens is 656 g/mol. The van der Waals surface area contributed by atoms with Gasteiger partial charge in [-0.3, -0.25) is 9.59 Å². The van der Waals surface area contributed by atoms with Crippen molar-refractivity contribution >= 4 is 23.1 Å². The smallest absolute Gasteiger partial charge is 0.308 e. The van der Waals surface area contributed by atoms with Crippen molar-refractivity contribution in [3.05, 3.63) is 117 Å². The quantitative estimate of drug-likeness (QED) is 0.168. The van der Waals surface area contributed by atoms with E-state index in [4.69, 9.17) is 23.7 Å². The summed E-state index contributed by atoms with van der Waals surface area (Å²) >= 11 is 0. The number of ether oxygens (including phenoxy) is 5. The lowest BCUT2D eigenvalue weighted by Crippen LogP contribution is -2.15. The van der Waals surface area contributed by atoms with Crippen molar-refractivity contribution in [2.75, 3.05) is 27.4 Å². The first-order valence-electron chi connectivity index (χ1n) is 16.5. The maximum atomic E-state index is 13.0. The molecule has 0 bridgehead atoms. The largest absolute Gasteiger partial charge is 0.497 e. The Labute approximate surface area is 296 Å². The average molecular weight is 699 g/mol.